The van der Waals surface area contributed by atoms with Crippen molar-refractivity contribution in [1.29, 1.82) is 0 Å². The van der Waals surface area contributed by atoms with Crippen LogP contribution in [0.4, 0.5) is 0 Å². The molecular formula is C11H16ClN3O3. The lowest BCUT2D eigenvalue weighted by atomic mass is 10.3. The Morgan fingerprint density at radius 2 is 2.39 bits per heavy atom. The molecule has 1 amide bonds. The summed E-state index contributed by atoms with van der Waals surface area (Å²) in [6, 6.07) is 0. The van der Waals surface area contributed by atoms with Crippen molar-refractivity contribution >= 4 is 17.5 Å². The molecular weight excluding hydrogens is 258 g/mol. The quantitative estimate of drug-likeness (QED) is 0.872. The third-order valence-electron chi connectivity index (χ3n) is 2.74. The number of rotatable bonds is 3. The lowest BCUT2D eigenvalue weighted by Crippen LogP contribution is -2.40. The van der Waals surface area contributed by atoms with Gasteiger partial charge in [0.1, 0.15) is 5.69 Å². The van der Waals surface area contributed by atoms with Crippen LogP contribution < -0.4 is 5.32 Å². The number of ether oxygens (including phenoxy) is 2. The normalized spacial score (nSPS) is 19.8. The minimum atomic E-state index is -0.253. The van der Waals surface area contributed by atoms with Gasteiger partial charge in [0.05, 0.1) is 36.6 Å². The number of carbonyl (C=O) groups excluding carboxylic acids is 1. The van der Waals surface area contributed by atoms with E-state index in [1.165, 1.54) is 4.68 Å². The van der Waals surface area contributed by atoms with Crippen LogP contribution in [0.3, 0.4) is 0 Å². The minimum absolute atomic E-state index is 0.101. The Balaban J connectivity index is 1.95. The van der Waals surface area contributed by atoms with Crippen LogP contribution in [0.1, 0.15) is 16.2 Å². The van der Waals surface area contributed by atoms with E-state index in [4.69, 9.17) is 21.1 Å². The van der Waals surface area contributed by atoms with Gasteiger partial charge in [-0.1, -0.05) is 11.6 Å². The van der Waals surface area contributed by atoms with Crippen molar-refractivity contribution in [1.82, 2.24) is 15.1 Å². The molecule has 1 aliphatic rings. The SMILES string of the molecule is Cc1nn(C)c(C(=O)NC[C@H]2COCCO2)c1Cl. The molecule has 0 spiro atoms. The molecule has 6 nitrogen and oxygen atoms in total. The van der Waals surface area contributed by atoms with Gasteiger partial charge >= 0.3 is 0 Å². The number of nitrogens with one attached hydrogen (secondary N) is 1. The third kappa shape index (κ3) is 2.82. The second-order valence-electron chi connectivity index (χ2n) is 4.15. The van der Waals surface area contributed by atoms with Gasteiger partial charge in [-0.2, -0.15) is 5.10 Å². The average Bonchev–Trinajstić information content (AvgIpc) is 2.62. The van der Waals surface area contributed by atoms with Crippen molar-refractivity contribution in [2.24, 2.45) is 7.05 Å². The fraction of sp³-hybridized carbons (Fsp3) is 0.636. The van der Waals surface area contributed by atoms with Crippen molar-refractivity contribution in [2.45, 2.75) is 13.0 Å². The maximum atomic E-state index is 12.0. The zero-order chi connectivity index (χ0) is 13.1. The summed E-state index contributed by atoms with van der Waals surface area (Å²) in [6.45, 7) is 3.83. The van der Waals surface area contributed by atoms with Crippen LogP contribution in [-0.4, -0.2) is 48.2 Å². The molecule has 0 radical (unpaired) electrons. The first kappa shape index (κ1) is 13.3. The van der Waals surface area contributed by atoms with E-state index in [0.717, 1.165) is 0 Å². The Hall–Kier alpha value is -1.11. The average molecular weight is 274 g/mol. The van der Waals surface area contributed by atoms with Crippen LogP contribution >= 0.6 is 11.6 Å². The van der Waals surface area contributed by atoms with E-state index in [1.807, 2.05) is 0 Å². The molecule has 2 rings (SSSR count). The largest absolute Gasteiger partial charge is 0.376 e. The van der Waals surface area contributed by atoms with Gasteiger partial charge in [-0.25, -0.2) is 0 Å². The van der Waals surface area contributed by atoms with Gasteiger partial charge in [0, 0.05) is 13.6 Å². The molecule has 7 heteroatoms. The van der Waals surface area contributed by atoms with E-state index >= 15 is 0 Å². The van der Waals surface area contributed by atoms with Crippen LogP contribution in [0, 0.1) is 6.92 Å². The van der Waals surface area contributed by atoms with Crippen LogP contribution in [0.2, 0.25) is 5.02 Å². The molecule has 1 saturated heterocycles. The topological polar surface area (TPSA) is 65.4 Å². The van der Waals surface area contributed by atoms with E-state index in [-0.39, 0.29) is 12.0 Å². The first-order chi connectivity index (χ1) is 8.59. The zero-order valence-electron chi connectivity index (χ0n) is 10.4. The predicted molar refractivity (Wildman–Crippen MR) is 65.8 cm³/mol. The van der Waals surface area contributed by atoms with Crippen molar-refractivity contribution in [2.75, 3.05) is 26.4 Å². The van der Waals surface area contributed by atoms with Crippen LogP contribution in [0.5, 0.6) is 0 Å². The third-order valence-corrected chi connectivity index (χ3v) is 3.19. The van der Waals surface area contributed by atoms with Crippen LogP contribution in [0.15, 0.2) is 0 Å². The minimum Gasteiger partial charge on any atom is -0.376 e. The number of hydrogen-bond acceptors (Lipinski definition) is 4. The zero-order valence-corrected chi connectivity index (χ0v) is 11.2. The van der Waals surface area contributed by atoms with Gasteiger partial charge in [0.25, 0.3) is 5.91 Å². The molecule has 0 unspecified atom stereocenters. The van der Waals surface area contributed by atoms with E-state index in [0.29, 0.717) is 42.8 Å². The summed E-state index contributed by atoms with van der Waals surface area (Å²) >= 11 is 6.03. The summed E-state index contributed by atoms with van der Waals surface area (Å²) < 4.78 is 12.2. The van der Waals surface area contributed by atoms with Gasteiger partial charge in [0.15, 0.2) is 0 Å². The Morgan fingerprint density at radius 1 is 1.61 bits per heavy atom. The number of aryl methyl sites for hydroxylation is 2. The van der Waals surface area contributed by atoms with Crippen molar-refractivity contribution < 1.29 is 14.3 Å². The summed E-state index contributed by atoms with van der Waals surface area (Å²) in [6.07, 6.45) is -0.101. The maximum Gasteiger partial charge on any atom is 0.271 e. The lowest BCUT2D eigenvalue weighted by Gasteiger charge is -2.23. The molecule has 1 aromatic heterocycles. The molecule has 18 heavy (non-hydrogen) atoms. The van der Waals surface area contributed by atoms with E-state index < -0.39 is 0 Å². The molecule has 1 N–H and O–H groups in total. The Kier molecular flexibility index (Phi) is 4.21. The molecule has 100 valence electrons. The lowest BCUT2D eigenvalue weighted by molar-refractivity contribution is -0.0855. The predicted octanol–water partition coefficient (Wildman–Crippen LogP) is 0.527. The summed E-state index contributed by atoms with van der Waals surface area (Å²) in [5, 5.41) is 7.25. The van der Waals surface area contributed by atoms with Gasteiger partial charge in [-0.15, -0.1) is 0 Å². The Morgan fingerprint density at radius 3 is 2.94 bits per heavy atom. The highest BCUT2D eigenvalue weighted by Gasteiger charge is 2.20. The molecule has 1 aliphatic heterocycles. The maximum absolute atomic E-state index is 12.0. The Labute approximate surface area is 110 Å². The fourth-order valence-corrected chi connectivity index (χ4v) is 2.07. The number of aromatic nitrogens is 2. The molecule has 1 aromatic rings. The number of halogens is 1. The number of carbonyl (C=O) groups is 1. The molecule has 0 saturated carbocycles. The highest BCUT2D eigenvalue weighted by atomic mass is 35.5. The first-order valence-electron chi connectivity index (χ1n) is 5.76. The van der Waals surface area contributed by atoms with E-state index in [9.17, 15) is 4.79 Å². The van der Waals surface area contributed by atoms with Gasteiger partial charge < -0.3 is 14.8 Å². The van der Waals surface area contributed by atoms with Crippen molar-refractivity contribution in [3.8, 4) is 0 Å². The number of amides is 1. The molecule has 1 fully saturated rings. The molecule has 1 atom stereocenters. The highest BCUT2D eigenvalue weighted by Crippen LogP contribution is 2.19. The van der Waals surface area contributed by atoms with Crippen molar-refractivity contribution in [3.63, 3.8) is 0 Å². The monoisotopic (exact) mass is 273 g/mol. The summed E-state index contributed by atoms with van der Waals surface area (Å²) in [5.74, 6) is -0.253. The highest BCUT2D eigenvalue weighted by molar-refractivity contribution is 6.34. The molecule has 2 heterocycles. The van der Waals surface area contributed by atoms with Crippen LogP contribution in [0.25, 0.3) is 0 Å². The Bertz CT molecular complexity index is 441. The standard InChI is InChI=1S/C11H16ClN3O3/c1-7-9(12)10(15(2)14-7)11(16)13-5-8-6-17-3-4-18-8/h8H,3-6H2,1-2H3,(H,13,16)/t8-/m0/s1. The van der Waals surface area contributed by atoms with Gasteiger partial charge in [-0.3, -0.25) is 9.48 Å². The summed E-state index contributed by atoms with van der Waals surface area (Å²) in [7, 11) is 1.69. The fourth-order valence-electron chi connectivity index (χ4n) is 1.82. The summed E-state index contributed by atoms with van der Waals surface area (Å²) in [5.41, 5.74) is 1.01. The van der Waals surface area contributed by atoms with Crippen LogP contribution in [-0.2, 0) is 16.5 Å². The second-order valence-corrected chi connectivity index (χ2v) is 4.53. The first-order valence-corrected chi connectivity index (χ1v) is 6.14. The molecule has 0 aromatic carbocycles. The number of hydrogen-bond donors (Lipinski definition) is 1. The number of nitrogens with zero attached hydrogens (tertiary/aromatic N) is 2. The smallest absolute Gasteiger partial charge is 0.271 e. The van der Waals surface area contributed by atoms with Gasteiger partial charge in [0.2, 0.25) is 0 Å². The molecule has 0 aliphatic carbocycles. The second kappa shape index (κ2) is 5.69. The summed E-state index contributed by atoms with van der Waals surface area (Å²) in [4.78, 5) is 12.0. The van der Waals surface area contributed by atoms with E-state index in [1.54, 1.807) is 14.0 Å². The molecule has 0 bridgehead atoms. The van der Waals surface area contributed by atoms with Crippen molar-refractivity contribution in [3.05, 3.63) is 16.4 Å². The van der Waals surface area contributed by atoms with Gasteiger partial charge in [-0.05, 0) is 6.92 Å². The van der Waals surface area contributed by atoms with E-state index in [2.05, 4.69) is 10.4 Å².